The van der Waals surface area contributed by atoms with E-state index in [0.29, 0.717) is 11.4 Å². The second-order valence-corrected chi connectivity index (χ2v) is 7.54. The summed E-state index contributed by atoms with van der Waals surface area (Å²) in [5.41, 5.74) is -0.230. The third kappa shape index (κ3) is 4.28. The van der Waals surface area contributed by atoms with Gasteiger partial charge in [0.1, 0.15) is 17.5 Å². The van der Waals surface area contributed by atoms with Crippen molar-refractivity contribution in [2.45, 2.75) is 18.9 Å². The average Bonchev–Trinajstić information content (AvgIpc) is 3.29. The fourth-order valence-corrected chi connectivity index (χ4v) is 3.68. The minimum atomic E-state index is -4.32. The molecule has 1 aliphatic rings. The van der Waals surface area contributed by atoms with Crippen molar-refractivity contribution in [3.63, 3.8) is 0 Å². The first-order valence-electron chi connectivity index (χ1n) is 10.2. The lowest BCUT2D eigenvalue weighted by molar-refractivity contribution is -0.135. The van der Waals surface area contributed by atoms with Crippen molar-refractivity contribution >= 4 is 23.2 Å². The van der Waals surface area contributed by atoms with Gasteiger partial charge in [-0.2, -0.15) is 19.1 Å². The van der Waals surface area contributed by atoms with Gasteiger partial charge in [-0.15, -0.1) is 0 Å². The van der Waals surface area contributed by atoms with Crippen LogP contribution in [0.15, 0.2) is 48.7 Å². The van der Waals surface area contributed by atoms with Crippen LogP contribution in [0.25, 0.3) is 0 Å². The van der Waals surface area contributed by atoms with Gasteiger partial charge in [0, 0.05) is 23.5 Å². The van der Waals surface area contributed by atoms with Crippen LogP contribution in [0.3, 0.4) is 0 Å². The highest BCUT2D eigenvalue weighted by Gasteiger charge is 2.42. The molecule has 2 amide bonds. The molecule has 0 spiro atoms. The summed E-state index contributed by atoms with van der Waals surface area (Å²) < 4.78 is 58.8. The summed E-state index contributed by atoms with van der Waals surface area (Å²) >= 11 is 0. The number of amides is 2. The lowest BCUT2D eigenvalue weighted by Crippen LogP contribution is -2.41. The quantitative estimate of drug-likeness (QED) is 0.529. The summed E-state index contributed by atoms with van der Waals surface area (Å²) in [7, 11) is 1.41. The molecule has 0 atom stereocenters. The number of nitriles is 1. The lowest BCUT2D eigenvalue weighted by Gasteiger charge is -2.28. The first kappa shape index (κ1) is 23.7. The Morgan fingerprint density at radius 3 is 2.54 bits per heavy atom. The Morgan fingerprint density at radius 1 is 1.20 bits per heavy atom. The van der Waals surface area contributed by atoms with Crippen LogP contribution in [0.5, 0.6) is 5.75 Å². The summed E-state index contributed by atoms with van der Waals surface area (Å²) in [5.74, 6) is -5.25. The lowest BCUT2D eigenvalue weighted by atomic mass is 10.1. The van der Waals surface area contributed by atoms with Crippen molar-refractivity contribution in [1.29, 1.82) is 5.26 Å². The van der Waals surface area contributed by atoms with Gasteiger partial charge in [-0.05, 0) is 30.3 Å². The minimum Gasteiger partial charge on any atom is -0.495 e. The van der Waals surface area contributed by atoms with E-state index in [1.54, 1.807) is 0 Å². The predicted molar refractivity (Wildman–Crippen MR) is 116 cm³/mol. The summed E-state index contributed by atoms with van der Waals surface area (Å²) in [6.07, 6.45) is -2.64. The molecule has 1 aliphatic heterocycles. The number of carbonyl (C=O) groups excluding carboxylic acids is 2. The van der Waals surface area contributed by atoms with Crippen molar-refractivity contribution in [3.8, 4) is 11.8 Å². The van der Waals surface area contributed by atoms with Crippen molar-refractivity contribution in [2.75, 3.05) is 23.9 Å². The first-order chi connectivity index (χ1) is 16.7. The van der Waals surface area contributed by atoms with Gasteiger partial charge in [0.2, 0.25) is 0 Å². The molecule has 0 unspecified atom stereocenters. The highest BCUT2D eigenvalue weighted by atomic mass is 19.3. The van der Waals surface area contributed by atoms with Crippen molar-refractivity contribution in [1.82, 2.24) is 9.78 Å². The number of anilines is 2. The van der Waals surface area contributed by atoms with E-state index in [0.717, 1.165) is 24.3 Å². The molecule has 0 saturated carbocycles. The van der Waals surface area contributed by atoms with Gasteiger partial charge in [0.05, 0.1) is 31.0 Å². The number of aromatic nitrogens is 2. The summed E-state index contributed by atoms with van der Waals surface area (Å²) in [6, 6.07) is 10.4. The van der Waals surface area contributed by atoms with E-state index in [1.165, 1.54) is 41.1 Å². The number of alkyl halides is 4. The number of carbonyl (C=O) groups is 2. The zero-order valence-corrected chi connectivity index (χ0v) is 18.1. The van der Waals surface area contributed by atoms with Gasteiger partial charge in [0.25, 0.3) is 11.8 Å². The third-order valence-electron chi connectivity index (χ3n) is 5.48. The first-order valence-corrected chi connectivity index (χ1v) is 10.2. The van der Waals surface area contributed by atoms with Gasteiger partial charge in [-0.1, -0.05) is 12.1 Å². The highest BCUT2D eigenvalue weighted by Crippen LogP contribution is 2.35. The average molecular weight is 487 g/mol. The molecule has 2 aromatic carbocycles. The van der Waals surface area contributed by atoms with Crippen molar-refractivity contribution in [3.05, 3.63) is 71.0 Å². The molecule has 4 rings (SSSR count). The molecule has 2 heterocycles. The second kappa shape index (κ2) is 9.09. The van der Waals surface area contributed by atoms with Crippen molar-refractivity contribution < 1.29 is 31.9 Å². The van der Waals surface area contributed by atoms with Crippen LogP contribution >= 0.6 is 0 Å². The van der Waals surface area contributed by atoms with E-state index < -0.39 is 29.7 Å². The van der Waals surface area contributed by atoms with Gasteiger partial charge in [0.15, 0.2) is 0 Å². The number of benzene rings is 2. The normalized spacial score (nSPS) is 13.4. The predicted octanol–water partition coefficient (Wildman–Crippen LogP) is 4.03. The standard InChI is InChI=1S/C23H17F4N5O3/c1-35-18-7-4-15(10-13(18)11-28)30-20(33)17-12-29-32-9-8-31(21(34)19(17)32)16-5-2-14(3-6-16)23(26,27)22(24)25/h2-7,10,12,22H,8-9H2,1H3,(H,30,33). The zero-order chi connectivity index (χ0) is 25.3. The Hall–Kier alpha value is -4.40. The van der Waals surface area contributed by atoms with Crippen LogP contribution in [-0.4, -0.2) is 41.7 Å². The van der Waals surface area contributed by atoms with Gasteiger partial charge < -0.3 is 15.0 Å². The molecule has 180 valence electrons. The summed E-state index contributed by atoms with van der Waals surface area (Å²) in [5, 5.41) is 15.9. The molecule has 35 heavy (non-hydrogen) atoms. The maximum Gasteiger partial charge on any atom is 0.332 e. The number of rotatable bonds is 6. The van der Waals surface area contributed by atoms with E-state index >= 15 is 0 Å². The van der Waals surface area contributed by atoms with Crippen LogP contribution in [0.2, 0.25) is 0 Å². The largest absolute Gasteiger partial charge is 0.495 e. The number of methoxy groups -OCH3 is 1. The van der Waals surface area contributed by atoms with E-state index in [1.807, 2.05) is 6.07 Å². The molecule has 0 bridgehead atoms. The monoisotopic (exact) mass is 487 g/mol. The molecular formula is C23H17F4N5O3. The Morgan fingerprint density at radius 2 is 1.91 bits per heavy atom. The Labute approximate surface area is 196 Å². The number of ether oxygens (including phenoxy) is 1. The number of hydrogen-bond donors (Lipinski definition) is 1. The van der Waals surface area contributed by atoms with E-state index in [2.05, 4.69) is 10.4 Å². The van der Waals surface area contributed by atoms with Crippen LogP contribution in [0, 0.1) is 11.3 Å². The number of nitrogens with one attached hydrogen (secondary N) is 1. The zero-order valence-electron chi connectivity index (χ0n) is 18.1. The molecule has 1 aromatic heterocycles. The molecule has 3 aromatic rings. The molecule has 1 N–H and O–H groups in total. The van der Waals surface area contributed by atoms with Crippen LogP contribution in [0.4, 0.5) is 28.9 Å². The summed E-state index contributed by atoms with van der Waals surface area (Å²) in [4.78, 5) is 27.3. The molecule has 12 heteroatoms. The maximum atomic E-state index is 13.6. The fraction of sp³-hybridized carbons (Fsp3) is 0.217. The highest BCUT2D eigenvalue weighted by molar-refractivity contribution is 6.15. The Kier molecular flexibility index (Phi) is 6.17. The fourth-order valence-electron chi connectivity index (χ4n) is 3.68. The smallest absolute Gasteiger partial charge is 0.332 e. The molecule has 0 radical (unpaired) electrons. The molecule has 8 nitrogen and oxygen atoms in total. The number of fused-ring (bicyclic) bond motifs is 1. The van der Waals surface area contributed by atoms with E-state index in [9.17, 15) is 32.4 Å². The molecule has 0 aliphatic carbocycles. The van der Waals surface area contributed by atoms with E-state index in [4.69, 9.17) is 4.74 Å². The van der Waals surface area contributed by atoms with Gasteiger partial charge in [-0.3, -0.25) is 14.3 Å². The molecule has 0 saturated heterocycles. The van der Waals surface area contributed by atoms with Crippen LogP contribution in [-0.2, 0) is 12.5 Å². The van der Waals surface area contributed by atoms with Gasteiger partial charge >= 0.3 is 12.3 Å². The Balaban J connectivity index is 1.58. The minimum absolute atomic E-state index is 0.0234. The van der Waals surface area contributed by atoms with Gasteiger partial charge in [-0.25, -0.2) is 8.78 Å². The van der Waals surface area contributed by atoms with Crippen LogP contribution < -0.4 is 15.0 Å². The number of nitrogens with zero attached hydrogens (tertiary/aromatic N) is 4. The Bertz CT molecular complexity index is 1330. The van der Waals surface area contributed by atoms with Crippen LogP contribution in [0.1, 0.15) is 32.0 Å². The van der Waals surface area contributed by atoms with Crippen molar-refractivity contribution in [2.24, 2.45) is 0 Å². The molecular weight excluding hydrogens is 470 g/mol. The SMILES string of the molecule is COc1ccc(NC(=O)c2cnn3c2C(=O)N(c2ccc(C(F)(F)C(F)F)cc2)CC3)cc1C#N. The number of halogens is 4. The topological polar surface area (TPSA) is 100 Å². The summed E-state index contributed by atoms with van der Waals surface area (Å²) in [6.45, 7) is 0.341. The molecule has 0 fully saturated rings. The maximum absolute atomic E-state index is 13.6. The second-order valence-electron chi connectivity index (χ2n) is 7.54. The number of hydrogen-bond acceptors (Lipinski definition) is 5. The van der Waals surface area contributed by atoms with E-state index in [-0.39, 0.29) is 35.6 Å². The third-order valence-corrected chi connectivity index (χ3v) is 5.48.